The number of carbonyl (C=O) groups is 2. The van der Waals surface area contributed by atoms with Crippen LogP contribution in [0.15, 0.2) is 48.3 Å². The number of carbonyl (C=O) groups excluding carboxylic acids is 2. The molecule has 1 aromatic heterocycles. The van der Waals surface area contributed by atoms with E-state index in [0.717, 1.165) is 17.3 Å². The summed E-state index contributed by atoms with van der Waals surface area (Å²) in [4.78, 5) is 23.1. The first kappa shape index (κ1) is 16.3. The lowest BCUT2D eigenvalue weighted by atomic mass is 10.1. The Balaban J connectivity index is 2.31. The third kappa shape index (κ3) is 3.97. The van der Waals surface area contributed by atoms with Gasteiger partial charge in [0.25, 0.3) is 0 Å². The van der Waals surface area contributed by atoms with Gasteiger partial charge >= 0.3 is 11.9 Å². The number of hydrogen-bond donors (Lipinski definition) is 1. The van der Waals surface area contributed by atoms with Crippen LogP contribution >= 0.6 is 0 Å². The molecule has 0 bridgehead atoms. The van der Waals surface area contributed by atoms with E-state index in [1.807, 2.05) is 31.3 Å². The van der Waals surface area contributed by atoms with E-state index in [2.05, 4.69) is 19.9 Å². The Labute approximate surface area is 133 Å². The summed E-state index contributed by atoms with van der Waals surface area (Å²) in [6.07, 6.45) is 2.75. The van der Waals surface area contributed by atoms with Crippen LogP contribution in [-0.2, 0) is 26.1 Å². The third-order valence-corrected chi connectivity index (χ3v) is 3.13. The molecular weight excluding hydrogens is 298 g/mol. The molecule has 2 rings (SSSR count). The Morgan fingerprint density at radius 2 is 2.00 bits per heavy atom. The van der Waals surface area contributed by atoms with E-state index in [0.29, 0.717) is 5.69 Å². The number of ether oxygens (including phenoxy) is 2. The highest BCUT2D eigenvalue weighted by Gasteiger charge is 2.13. The molecule has 0 aliphatic carbocycles. The first-order chi connectivity index (χ1) is 11.0. The van der Waals surface area contributed by atoms with Crippen LogP contribution in [0.2, 0.25) is 0 Å². The minimum absolute atomic E-state index is 0.0125. The smallest absolute Gasteiger partial charge is 0.354 e. The first-order valence-electron chi connectivity index (χ1n) is 6.78. The third-order valence-electron chi connectivity index (χ3n) is 3.13. The summed E-state index contributed by atoms with van der Waals surface area (Å²) in [5.41, 5.74) is 2.45. The van der Waals surface area contributed by atoms with Crippen molar-refractivity contribution in [2.24, 2.45) is 7.05 Å². The van der Waals surface area contributed by atoms with Crippen LogP contribution in [0.1, 0.15) is 0 Å². The number of esters is 2. The Kier molecular flexibility index (Phi) is 5.14. The van der Waals surface area contributed by atoms with Crippen LogP contribution in [0, 0.1) is 0 Å². The lowest BCUT2D eigenvalue weighted by Crippen LogP contribution is -2.15. The van der Waals surface area contributed by atoms with Crippen molar-refractivity contribution in [1.82, 2.24) is 9.78 Å². The summed E-state index contributed by atoms with van der Waals surface area (Å²) in [6, 6.07) is 9.24. The Morgan fingerprint density at radius 1 is 1.22 bits per heavy atom. The average molecular weight is 315 g/mol. The van der Waals surface area contributed by atoms with E-state index in [1.54, 1.807) is 16.9 Å². The molecule has 120 valence electrons. The van der Waals surface area contributed by atoms with Gasteiger partial charge in [0.2, 0.25) is 0 Å². The Morgan fingerprint density at radius 3 is 2.61 bits per heavy atom. The van der Waals surface area contributed by atoms with Gasteiger partial charge in [0.1, 0.15) is 5.70 Å². The van der Waals surface area contributed by atoms with Gasteiger partial charge in [-0.15, -0.1) is 0 Å². The first-order valence-corrected chi connectivity index (χ1v) is 6.78. The molecule has 0 aliphatic rings. The normalized spacial score (nSPS) is 11.0. The van der Waals surface area contributed by atoms with Gasteiger partial charge in [-0.05, 0) is 18.2 Å². The zero-order valence-corrected chi connectivity index (χ0v) is 13.1. The van der Waals surface area contributed by atoms with E-state index in [9.17, 15) is 9.59 Å². The summed E-state index contributed by atoms with van der Waals surface area (Å²) >= 11 is 0. The predicted molar refractivity (Wildman–Crippen MR) is 84.4 cm³/mol. The minimum Gasteiger partial charge on any atom is -0.466 e. The fourth-order valence-electron chi connectivity index (χ4n) is 2.00. The predicted octanol–water partition coefficient (Wildman–Crippen LogP) is 1.73. The van der Waals surface area contributed by atoms with Crippen LogP contribution in [0.4, 0.5) is 5.69 Å². The van der Waals surface area contributed by atoms with Crippen molar-refractivity contribution in [2.45, 2.75) is 0 Å². The number of hydrogen-bond acceptors (Lipinski definition) is 6. The van der Waals surface area contributed by atoms with Crippen molar-refractivity contribution in [3.05, 3.63) is 48.3 Å². The SMILES string of the molecule is COC(=O)/C=C(/Nc1cccc(-c2ccnn2C)c1)C(=O)OC. The van der Waals surface area contributed by atoms with Gasteiger partial charge in [-0.3, -0.25) is 4.68 Å². The summed E-state index contributed by atoms with van der Waals surface area (Å²) < 4.78 is 10.9. The van der Waals surface area contributed by atoms with Gasteiger partial charge in [-0.1, -0.05) is 12.1 Å². The van der Waals surface area contributed by atoms with Gasteiger partial charge in [0, 0.05) is 24.5 Å². The lowest BCUT2D eigenvalue weighted by molar-refractivity contribution is -0.138. The molecule has 0 aliphatic heterocycles. The zero-order valence-electron chi connectivity index (χ0n) is 13.1. The van der Waals surface area contributed by atoms with Gasteiger partial charge in [-0.25, -0.2) is 9.59 Å². The number of rotatable bonds is 5. The molecule has 2 aromatic rings. The monoisotopic (exact) mass is 315 g/mol. The molecule has 7 heteroatoms. The lowest BCUT2D eigenvalue weighted by Gasteiger charge is -2.10. The fraction of sp³-hybridized carbons (Fsp3) is 0.188. The molecule has 1 aromatic carbocycles. The van der Waals surface area contributed by atoms with E-state index < -0.39 is 11.9 Å². The Bertz CT molecular complexity index is 749. The van der Waals surface area contributed by atoms with Crippen molar-refractivity contribution < 1.29 is 19.1 Å². The van der Waals surface area contributed by atoms with E-state index in [4.69, 9.17) is 0 Å². The van der Waals surface area contributed by atoms with Gasteiger partial charge in [0.15, 0.2) is 0 Å². The highest BCUT2D eigenvalue weighted by atomic mass is 16.5. The molecule has 0 saturated carbocycles. The fourth-order valence-corrected chi connectivity index (χ4v) is 2.00. The second-order valence-electron chi connectivity index (χ2n) is 4.62. The molecule has 7 nitrogen and oxygen atoms in total. The molecule has 0 atom stereocenters. The average Bonchev–Trinajstić information content (AvgIpc) is 2.99. The molecular formula is C16H17N3O4. The minimum atomic E-state index is -0.665. The quantitative estimate of drug-likeness (QED) is 0.668. The molecule has 0 spiro atoms. The van der Waals surface area contributed by atoms with Crippen LogP contribution in [0.25, 0.3) is 11.3 Å². The summed E-state index contributed by atoms with van der Waals surface area (Å²) in [7, 11) is 4.31. The summed E-state index contributed by atoms with van der Waals surface area (Å²) in [5, 5.41) is 7.00. The second kappa shape index (κ2) is 7.26. The largest absolute Gasteiger partial charge is 0.466 e. The van der Waals surface area contributed by atoms with Crippen LogP contribution in [-0.4, -0.2) is 35.9 Å². The molecule has 0 unspecified atom stereocenters. The molecule has 1 heterocycles. The van der Waals surface area contributed by atoms with Crippen LogP contribution in [0.3, 0.4) is 0 Å². The topological polar surface area (TPSA) is 82.5 Å². The standard InChI is InChI=1S/C16H17N3O4/c1-19-14(7-8-17-19)11-5-4-6-12(9-11)18-13(16(21)23-3)10-15(20)22-2/h4-10,18H,1-3H3/b13-10+. The van der Waals surface area contributed by atoms with Crippen molar-refractivity contribution in [2.75, 3.05) is 19.5 Å². The van der Waals surface area contributed by atoms with E-state index in [1.165, 1.54) is 14.2 Å². The number of anilines is 1. The highest BCUT2D eigenvalue weighted by molar-refractivity contribution is 5.98. The molecule has 0 amide bonds. The van der Waals surface area contributed by atoms with Crippen molar-refractivity contribution in [3.63, 3.8) is 0 Å². The highest BCUT2D eigenvalue weighted by Crippen LogP contribution is 2.22. The van der Waals surface area contributed by atoms with Crippen molar-refractivity contribution in [3.8, 4) is 11.3 Å². The molecule has 0 saturated heterocycles. The maximum absolute atomic E-state index is 11.8. The molecule has 1 N–H and O–H groups in total. The number of aryl methyl sites for hydroxylation is 1. The van der Waals surface area contributed by atoms with Gasteiger partial charge < -0.3 is 14.8 Å². The van der Waals surface area contributed by atoms with E-state index in [-0.39, 0.29) is 5.70 Å². The molecule has 23 heavy (non-hydrogen) atoms. The van der Waals surface area contributed by atoms with Crippen LogP contribution in [0.5, 0.6) is 0 Å². The second-order valence-corrected chi connectivity index (χ2v) is 4.62. The number of benzene rings is 1. The van der Waals surface area contributed by atoms with Gasteiger partial charge in [-0.2, -0.15) is 5.10 Å². The number of nitrogens with one attached hydrogen (secondary N) is 1. The maximum Gasteiger partial charge on any atom is 0.354 e. The van der Waals surface area contributed by atoms with Crippen LogP contribution < -0.4 is 5.32 Å². The summed E-state index contributed by atoms with van der Waals surface area (Å²) in [5.74, 6) is -1.32. The number of aromatic nitrogens is 2. The maximum atomic E-state index is 11.8. The van der Waals surface area contributed by atoms with Crippen molar-refractivity contribution in [1.29, 1.82) is 0 Å². The number of methoxy groups -OCH3 is 2. The number of nitrogens with zero attached hydrogens (tertiary/aromatic N) is 2. The van der Waals surface area contributed by atoms with Crippen molar-refractivity contribution >= 4 is 17.6 Å². The van der Waals surface area contributed by atoms with E-state index >= 15 is 0 Å². The Hall–Kier alpha value is -3.09. The summed E-state index contributed by atoms with van der Waals surface area (Å²) in [6.45, 7) is 0. The van der Waals surface area contributed by atoms with Gasteiger partial charge in [0.05, 0.1) is 26.0 Å². The zero-order chi connectivity index (χ0) is 16.8. The molecule has 0 radical (unpaired) electrons. The molecule has 0 fully saturated rings.